The standard InChI is InChI=1S/C9H10O3/c1-12-9-7(5-10)3-2-4-8(9)6-11/h3,5-6H,2,4H2,1H3. The minimum atomic E-state index is 0.422. The summed E-state index contributed by atoms with van der Waals surface area (Å²) < 4.78 is 4.95. The lowest BCUT2D eigenvalue weighted by Gasteiger charge is -2.13. The van der Waals surface area contributed by atoms with Crippen molar-refractivity contribution in [2.75, 3.05) is 7.11 Å². The molecule has 1 rings (SSSR count). The van der Waals surface area contributed by atoms with Gasteiger partial charge in [-0.05, 0) is 12.8 Å². The minimum absolute atomic E-state index is 0.422. The molecule has 0 heterocycles. The molecule has 12 heavy (non-hydrogen) atoms. The SMILES string of the molecule is COC1=C(C=O)CCC=C1C=O. The second-order valence-corrected chi connectivity index (χ2v) is 2.49. The molecule has 0 aromatic rings. The molecule has 0 spiro atoms. The molecule has 0 aromatic carbocycles. The van der Waals surface area contributed by atoms with Crippen LogP contribution < -0.4 is 0 Å². The van der Waals surface area contributed by atoms with E-state index in [2.05, 4.69) is 0 Å². The van der Waals surface area contributed by atoms with Gasteiger partial charge in [0.05, 0.1) is 12.7 Å². The number of aldehydes is 2. The molecule has 0 amide bonds. The van der Waals surface area contributed by atoms with E-state index in [1.165, 1.54) is 7.11 Å². The smallest absolute Gasteiger partial charge is 0.153 e. The van der Waals surface area contributed by atoms with Gasteiger partial charge in [0.2, 0.25) is 0 Å². The molecule has 0 N–H and O–H groups in total. The monoisotopic (exact) mass is 166 g/mol. The molecule has 0 bridgehead atoms. The van der Waals surface area contributed by atoms with Crippen molar-refractivity contribution in [3.8, 4) is 0 Å². The van der Waals surface area contributed by atoms with Gasteiger partial charge in [-0.15, -0.1) is 0 Å². The molecule has 1 aliphatic carbocycles. The summed E-state index contributed by atoms with van der Waals surface area (Å²) in [6.45, 7) is 0. The first kappa shape index (κ1) is 8.71. The fourth-order valence-electron chi connectivity index (χ4n) is 1.24. The zero-order valence-electron chi connectivity index (χ0n) is 6.87. The van der Waals surface area contributed by atoms with E-state index in [9.17, 15) is 9.59 Å². The van der Waals surface area contributed by atoms with E-state index in [-0.39, 0.29) is 0 Å². The number of ether oxygens (including phenoxy) is 1. The van der Waals surface area contributed by atoms with Crippen LogP contribution in [0.1, 0.15) is 12.8 Å². The fraction of sp³-hybridized carbons (Fsp3) is 0.333. The minimum Gasteiger partial charge on any atom is -0.496 e. The molecule has 0 saturated carbocycles. The van der Waals surface area contributed by atoms with E-state index >= 15 is 0 Å². The highest BCUT2D eigenvalue weighted by Crippen LogP contribution is 2.22. The Morgan fingerprint density at radius 3 is 2.67 bits per heavy atom. The van der Waals surface area contributed by atoms with Crippen molar-refractivity contribution in [3.05, 3.63) is 23.0 Å². The molecule has 3 heteroatoms. The Kier molecular flexibility index (Phi) is 2.80. The predicted octanol–water partition coefficient (Wildman–Crippen LogP) is 1.00. The lowest BCUT2D eigenvalue weighted by Crippen LogP contribution is -2.05. The van der Waals surface area contributed by atoms with Gasteiger partial charge in [0.25, 0.3) is 0 Å². The van der Waals surface area contributed by atoms with Crippen LogP contribution in [0.5, 0.6) is 0 Å². The lowest BCUT2D eigenvalue weighted by atomic mass is 9.99. The van der Waals surface area contributed by atoms with Crippen LogP contribution in [0.4, 0.5) is 0 Å². The number of methoxy groups -OCH3 is 1. The summed E-state index contributed by atoms with van der Waals surface area (Å²) in [4.78, 5) is 21.0. The normalized spacial score (nSPS) is 16.9. The van der Waals surface area contributed by atoms with E-state index in [1.807, 2.05) is 0 Å². The summed E-state index contributed by atoms with van der Waals surface area (Å²) in [5.74, 6) is 0.422. The number of carbonyl (C=O) groups excluding carboxylic acids is 2. The Hall–Kier alpha value is -1.38. The molecule has 0 radical (unpaired) electrons. The molecule has 0 atom stereocenters. The molecular weight excluding hydrogens is 156 g/mol. The van der Waals surface area contributed by atoms with Crippen LogP contribution in [0.15, 0.2) is 23.0 Å². The van der Waals surface area contributed by atoms with Gasteiger partial charge in [0, 0.05) is 5.57 Å². The zero-order valence-corrected chi connectivity index (χ0v) is 6.87. The van der Waals surface area contributed by atoms with Crippen LogP contribution in [-0.2, 0) is 14.3 Å². The van der Waals surface area contributed by atoms with E-state index < -0.39 is 0 Å². The van der Waals surface area contributed by atoms with Gasteiger partial charge in [-0.3, -0.25) is 9.59 Å². The summed E-state index contributed by atoms with van der Waals surface area (Å²) in [5, 5.41) is 0. The van der Waals surface area contributed by atoms with Crippen molar-refractivity contribution < 1.29 is 14.3 Å². The second-order valence-electron chi connectivity index (χ2n) is 2.49. The van der Waals surface area contributed by atoms with Gasteiger partial charge in [-0.25, -0.2) is 0 Å². The quantitative estimate of drug-likeness (QED) is 0.587. The Labute approximate surface area is 70.7 Å². The molecule has 0 aromatic heterocycles. The van der Waals surface area contributed by atoms with Crippen LogP contribution in [0.3, 0.4) is 0 Å². The number of hydrogen-bond acceptors (Lipinski definition) is 3. The third-order valence-corrected chi connectivity index (χ3v) is 1.81. The Morgan fingerprint density at radius 1 is 1.42 bits per heavy atom. The zero-order chi connectivity index (χ0) is 8.97. The topological polar surface area (TPSA) is 43.4 Å². The Balaban J connectivity index is 3.04. The first-order valence-corrected chi connectivity index (χ1v) is 3.71. The number of carbonyl (C=O) groups is 2. The number of rotatable bonds is 3. The number of hydrogen-bond donors (Lipinski definition) is 0. The van der Waals surface area contributed by atoms with Crippen molar-refractivity contribution in [2.45, 2.75) is 12.8 Å². The fourth-order valence-corrected chi connectivity index (χ4v) is 1.24. The third-order valence-electron chi connectivity index (χ3n) is 1.81. The van der Waals surface area contributed by atoms with E-state index in [4.69, 9.17) is 4.74 Å². The molecule has 3 nitrogen and oxygen atoms in total. The molecular formula is C9H10O3. The van der Waals surface area contributed by atoms with Gasteiger partial charge >= 0.3 is 0 Å². The molecule has 0 unspecified atom stereocenters. The van der Waals surface area contributed by atoms with Crippen LogP contribution in [0.2, 0.25) is 0 Å². The molecule has 1 aliphatic rings. The third kappa shape index (κ3) is 1.44. The van der Waals surface area contributed by atoms with Gasteiger partial charge in [-0.1, -0.05) is 6.08 Å². The van der Waals surface area contributed by atoms with Crippen LogP contribution in [0, 0.1) is 0 Å². The van der Waals surface area contributed by atoms with Gasteiger partial charge in [-0.2, -0.15) is 0 Å². The molecule has 0 fully saturated rings. The number of allylic oxidation sites excluding steroid dienone is 3. The van der Waals surface area contributed by atoms with Crippen LogP contribution >= 0.6 is 0 Å². The average molecular weight is 166 g/mol. The van der Waals surface area contributed by atoms with E-state index in [1.54, 1.807) is 6.08 Å². The highest BCUT2D eigenvalue weighted by Gasteiger charge is 2.15. The largest absolute Gasteiger partial charge is 0.496 e. The Bertz CT molecular complexity index is 261. The summed E-state index contributed by atoms with van der Waals surface area (Å²) in [6.07, 6.45) is 4.62. The summed E-state index contributed by atoms with van der Waals surface area (Å²) in [5.41, 5.74) is 1.05. The van der Waals surface area contributed by atoms with Crippen molar-refractivity contribution in [3.63, 3.8) is 0 Å². The van der Waals surface area contributed by atoms with E-state index in [0.717, 1.165) is 12.7 Å². The van der Waals surface area contributed by atoms with Crippen LogP contribution in [-0.4, -0.2) is 19.7 Å². The maximum Gasteiger partial charge on any atom is 0.153 e. The van der Waals surface area contributed by atoms with Crippen LogP contribution in [0.25, 0.3) is 0 Å². The maximum atomic E-state index is 10.5. The highest BCUT2D eigenvalue weighted by molar-refractivity contribution is 5.86. The lowest BCUT2D eigenvalue weighted by molar-refractivity contribution is -0.105. The maximum absolute atomic E-state index is 10.5. The predicted molar refractivity (Wildman–Crippen MR) is 43.5 cm³/mol. The van der Waals surface area contributed by atoms with E-state index in [0.29, 0.717) is 29.6 Å². The first-order valence-electron chi connectivity index (χ1n) is 3.71. The van der Waals surface area contributed by atoms with Gasteiger partial charge < -0.3 is 4.74 Å². The van der Waals surface area contributed by atoms with Crippen molar-refractivity contribution in [2.24, 2.45) is 0 Å². The highest BCUT2D eigenvalue weighted by atomic mass is 16.5. The average Bonchev–Trinajstić information content (AvgIpc) is 2.16. The molecule has 0 aliphatic heterocycles. The summed E-state index contributed by atoms with van der Waals surface area (Å²) in [7, 11) is 1.46. The van der Waals surface area contributed by atoms with Gasteiger partial charge in [0.1, 0.15) is 12.0 Å². The molecule has 64 valence electrons. The van der Waals surface area contributed by atoms with Gasteiger partial charge in [0.15, 0.2) is 6.29 Å². The first-order chi connectivity index (χ1) is 5.83. The van der Waals surface area contributed by atoms with Crippen molar-refractivity contribution in [1.29, 1.82) is 0 Å². The molecule has 0 saturated heterocycles. The summed E-state index contributed by atoms with van der Waals surface area (Å²) >= 11 is 0. The second kappa shape index (κ2) is 3.85. The van der Waals surface area contributed by atoms with Crippen molar-refractivity contribution in [1.82, 2.24) is 0 Å². The summed E-state index contributed by atoms with van der Waals surface area (Å²) in [6, 6.07) is 0. The Morgan fingerprint density at radius 2 is 2.17 bits per heavy atom. The van der Waals surface area contributed by atoms with Crippen molar-refractivity contribution >= 4 is 12.6 Å².